The summed E-state index contributed by atoms with van der Waals surface area (Å²) in [5.41, 5.74) is 9.18. The second kappa shape index (κ2) is 6.86. The minimum Gasteiger partial charge on any atom is -0.468 e. The van der Waals surface area contributed by atoms with E-state index in [0.717, 1.165) is 5.92 Å². The third-order valence-electron chi connectivity index (χ3n) is 4.90. The summed E-state index contributed by atoms with van der Waals surface area (Å²) in [6, 6.07) is 13.1. The number of rotatable bonds is 5. The van der Waals surface area contributed by atoms with E-state index in [-0.39, 0.29) is 17.6 Å². The highest BCUT2D eigenvalue weighted by Crippen LogP contribution is 2.45. The lowest BCUT2D eigenvalue weighted by molar-refractivity contribution is -0.137. The Morgan fingerprint density at radius 1 is 1.20 bits per heavy atom. The van der Waals surface area contributed by atoms with Crippen molar-refractivity contribution in [1.82, 2.24) is 10.9 Å². The van der Waals surface area contributed by atoms with E-state index in [2.05, 4.69) is 59.1 Å². The van der Waals surface area contributed by atoms with E-state index in [4.69, 9.17) is 4.74 Å². The largest absolute Gasteiger partial charge is 0.468 e. The first-order valence-electron chi connectivity index (χ1n) is 8.68. The molecule has 0 radical (unpaired) electrons. The van der Waals surface area contributed by atoms with Crippen LogP contribution in [-0.2, 0) is 9.53 Å². The average Bonchev–Trinajstić information content (AvgIpc) is 3.42. The van der Waals surface area contributed by atoms with Gasteiger partial charge in [0.05, 0.1) is 19.0 Å². The fraction of sp³-hybridized carbons (Fsp3) is 0.421. The summed E-state index contributed by atoms with van der Waals surface area (Å²) in [5.74, 6) is 0.827. The van der Waals surface area contributed by atoms with Crippen LogP contribution >= 0.6 is 11.8 Å². The molecule has 25 heavy (non-hydrogen) atoms. The number of anilines is 1. The van der Waals surface area contributed by atoms with Crippen molar-refractivity contribution in [2.24, 2.45) is 0 Å². The fourth-order valence-corrected chi connectivity index (χ4v) is 4.50. The zero-order chi connectivity index (χ0) is 17.4. The van der Waals surface area contributed by atoms with Crippen LogP contribution in [0.25, 0.3) is 10.8 Å². The minimum atomic E-state index is -0.208. The van der Waals surface area contributed by atoms with Crippen LogP contribution < -0.4 is 15.8 Å². The predicted octanol–water partition coefficient (Wildman–Crippen LogP) is 3.17. The Labute approximate surface area is 152 Å². The van der Waals surface area contributed by atoms with Crippen molar-refractivity contribution in [3.63, 3.8) is 0 Å². The molecule has 2 aromatic rings. The van der Waals surface area contributed by atoms with E-state index >= 15 is 0 Å². The van der Waals surface area contributed by atoms with Crippen LogP contribution in [0.15, 0.2) is 36.4 Å². The van der Waals surface area contributed by atoms with Crippen LogP contribution in [0.4, 0.5) is 5.69 Å². The Morgan fingerprint density at radius 3 is 2.68 bits per heavy atom. The molecule has 6 heteroatoms. The maximum atomic E-state index is 11.5. The van der Waals surface area contributed by atoms with E-state index in [1.165, 1.54) is 53.7 Å². The maximum Gasteiger partial charge on any atom is 0.315 e. The van der Waals surface area contributed by atoms with Crippen molar-refractivity contribution >= 4 is 34.2 Å². The van der Waals surface area contributed by atoms with E-state index in [9.17, 15) is 4.79 Å². The number of thioether (sulfide) groups is 1. The highest BCUT2D eigenvalue weighted by atomic mass is 32.2. The van der Waals surface area contributed by atoms with Gasteiger partial charge in [0, 0.05) is 11.1 Å². The topological polar surface area (TPSA) is 53.6 Å². The van der Waals surface area contributed by atoms with E-state index < -0.39 is 0 Å². The third kappa shape index (κ3) is 3.21. The smallest absolute Gasteiger partial charge is 0.315 e. The molecule has 4 rings (SSSR count). The van der Waals surface area contributed by atoms with E-state index in [1.54, 1.807) is 0 Å². The summed E-state index contributed by atoms with van der Waals surface area (Å²) in [6.07, 6.45) is 2.72. The Hall–Kier alpha value is -1.76. The molecule has 132 valence electrons. The van der Waals surface area contributed by atoms with E-state index in [1.807, 2.05) is 0 Å². The molecule has 2 fully saturated rings. The molecule has 0 bridgehead atoms. The SMILES string of the molecule is COC(=O)CSC1NNC(C)N1c1ccc(C2CC2)c2ccccc12. The van der Waals surface area contributed by atoms with E-state index in [0.29, 0.717) is 5.75 Å². The molecular weight excluding hydrogens is 334 g/mol. The minimum absolute atomic E-state index is 0.0238. The lowest BCUT2D eigenvalue weighted by Crippen LogP contribution is -2.37. The highest BCUT2D eigenvalue weighted by molar-refractivity contribution is 8.00. The zero-order valence-corrected chi connectivity index (χ0v) is 15.3. The molecule has 2 aliphatic rings. The normalized spacial score (nSPS) is 23.2. The molecule has 0 aromatic heterocycles. The van der Waals surface area contributed by atoms with Gasteiger partial charge in [-0.05, 0) is 42.7 Å². The number of nitrogens with zero attached hydrogens (tertiary/aromatic N) is 1. The molecule has 1 saturated carbocycles. The van der Waals surface area contributed by atoms with Crippen LogP contribution in [0.5, 0.6) is 0 Å². The molecular formula is C19H23N3O2S. The number of hydrogen-bond acceptors (Lipinski definition) is 6. The van der Waals surface area contributed by atoms with Gasteiger partial charge in [-0.2, -0.15) is 0 Å². The standard InChI is InChI=1S/C19H23N3O2S/c1-12-20-21-19(25-11-18(23)24-2)22(12)17-10-9-14(13-7-8-13)15-5-3-4-6-16(15)17/h3-6,9-10,12-13,19-21H,7-8,11H2,1-2H3. The van der Waals surface area contributed by atoms with Crippen LogP contribution in [0.3, 0.4) is 0 Å². The quantitative estimate of drug-likeness (QED) is 0.802. The number of carbonyl (C=O) groups is 1. The lowest BCUT2D eigenvalue weighted by Gasteiger charge is -2.29. The second-order valence-corrected chi connectivity index (χ2v) is 7.67. The van der Waals surface area contributed by atoms with Crippen LogP contribution in [0, 0.1) is 0 Å². The highest BCUT2D eigenvalue weighted by Gasteiger charge is 2.33. The van der Waals surface area contributed by atoms with Gasteiger partial charge in [0.1, 0.15) is 5.50 Å². The molecule has 1 heterocycles. The van der Waals surface area contributed by atoms with Gasteiger partial charge in [0.15, 0.2) is 0 Å². The molecule has 1 aliphatic carbocycles. The first-order chi connectivity index (χ1) is 12.2. The predicted molar refractivity (Wildman–Crippen MR) is 102 cm³/mol. The summed E-state index contributed by atoms with van der Waals surface area (Å²) in [7, 11) is 1.42. The number of methoxy groups -OCH3 is 1. The average molecular weight is 357 g/mol. The number of ether oxygens (including phenoxy) is 1. The molecule has 2 atom stereocenters. The number of esters is 1. The molecule has 2 N–H and O–H groups in total. The Balaban J connectivity index is 1.69. The maximum absolute atomic E-state index is 11.5. The Morgan fingerprint density at radius 2 is 1.96 bits per heavy atom. The number of benzene rings is 2. The molecule has 0 spiro atoms. The van der Waals surface area contributed by atoms with Gasteiger partial charge in [0.25, 0.3) is 0 Å². The van der Waals surface area contributed by atoms with Crippen LogP contribution in [0.2, 0.25) is 0 Å². The summed E-state index contributed by atoms with van der Waals surface area (Å²) < 4.78 is 4.77. The van der Waals surface area contributed by atoms with Crippen LogP contribution in [-0.4, -0.2) is 30.5 Å². The summed E-state index contributed by atoms with van der Waals surface area (Å²) >= 11 is 1.53. The van der Waals surface area contributed by atoms with Gasteiger partial charge < -0.3 is 9.64 Å². The number of fused-ring (bicyclic) bond motifs is 1. The zero-order valence-electron chi connectivity index (χ0n) is 14.5. The molecule has 2 aromatic carbocycles. The lowest BCUT2D eigenvalue weighted by atomic mass is 9.99. The van der Waals surface area contributed by atoms with Gasteiger partial charge >= 0.3 is 5.97 Å². The van der Waals surface area contributed by atoms with Gasteiger partial charge in [-0.25, -0.2) is 10.9 Å². The van der Waals surface area contributed by atoms with Crippen molar-refractivity contribution in [2.45, 2.75) is 37.3 Å². The third-order valence-corrected chi connectivity index (χ3v) is 5.97. The van der Waals surface area contributed by atoms with Gasteiger partial charge in [0.2, 0.25) is 0 Å². The first kappa shape index (κ1) is 16.7. The monoisotopic (exact) mass is 357 g/mol. The number of hydrogen-bond donors (Lipinski definition) is 2. The number of nitrogens with one attached hydrogen (secondary N) is 2. The van der Waals surface area contributed by atoms with Crippen LogP contribution in [0.1, 0.15) is 31.2 Å². The molecule has 5 nitrogen and oxygen atoms in total. The van der Waals surface area contributed by atoms with Crippen molar-refractivity contribution < 1.29 is 9.53 Å². The molecule has 2 unspecified atom stereocenters. The second-order valence-electron chi connectivity index (χ2n) is 6.61. The van der Waals surface area contributed by atoms with Crippen molar-refractivity contribution in [1.29, 1.82) is 0 Å². The number of carbonyl (C=O) groups excluding carboxylic acids is 1. The molecule has 1 aliphatic heterocycles. The van der Waals surface area contributed by atoms with Crippen molar-refractivity contribution in [3.05, 3.63) is 42.0 Å². The van der Waals surface area contributed by atoms with Gasteiger partial charge in [-0.1, -0.05) is 30.3 Å². The Bertz CT molecular complexity index is 793. The summed E-state index contributed by atoms with van der Waals surface area (Å²) in [5, 5.41) is 2.62. The fourth-order valence-electron chi connectivity index (χ4n) is 3.48. The summed E-state index contributed by atoms with van der Waals surface area (Å²) in [6.45, 7) is 2.12. The van der Waals surface area contributed by atoms with Gasteiger partial charge in [-0.3, -0.25) is 4.79 Å². The number of hydrazine groups is 1. The molecule has 0 amide bonds. The van der Waals surface area contributed by atoms with Gasteiger partial charge in [-0.15, -0.1) is 11.8 Å². The van der Waals surface area contributed by atoms with Crippen molar-refractivity contribution in [3.8, 4) is 0 Å². The first-order valence-corrected chi connectivity index (χ1v) is 9.73. The molecule has 1 saturated heterocycles. The Kier molecular flexibility index (Phi) is 4.58. The summed E-state index contributed by atoms with van der Waals surface area (Å²) in [4.78, 5) is 13.8. The van der Waals surface area contributed by atoms with Crippen molar-refractivity contribution in [2.75, 3.05) is 17.8 Å².